The van der Waals surface area contributed by atoms with Gasteiger partial charge in [-0.3, -0.25) is 10.1 Å². The maximum atomic E-state index is 13.6. The highest BCUT2D eigenvalue weighted by atomic mass is 19.2. The van der Waals surface area contributed by atoms with Crippen LogP contribution in [0, 0.1) is 27.7 Å². The summed E-state index contributed by atoms with van der Waals surface area (Å²) in [5.41, 5.74) is -0.801. The molecule has 2 rings (SSSR count). The lowest BCUT2D eigenvalue weighted by atomic mass is 9.96. The Morgan fingerprint density at radius 3 is 2.90 bits per heavy atom. The minimum atomic E-state index is -1.19. The third kappa shape index (κ3) is 3.41. The molecule has 0 aromatic heterocycles. The summed E-state index contributed by atoms with van der Waals surface area (Å²) in [4.78, 5) is 10.1. The number of rotatable bonds is 5. The van der Waals surface area contributed by atoms with E-state index in [0.29, 0.717) is 12.5 Å². The van der Waals surface area contributed by atoms with Crippen molar-refractivity contribution in [2.75, 3.05) is 25.0 Å². The van der Waals surface area contributed by atoms with Crippen molar-refractivity contribution >= 4 is 11.4 Å². The summed E-state index contributed by atoms with van der Waals surface area (Å²) in [6.07, 6.45) is 2.95. The Bertz CT molecular complexity index is 491. The second-order valence-corrected chi connectivity index (χ2v) is 4.94. The van der Waals surface area contributed by atoms with Gasteiger partial charge in [0.05, 0.1) is 4.92 Å². The first-order chi connectivity index (χ1) is 9.59. The molecule has 0 bridgehead atoms. The maximum Gasteiger partial charge on any atom is 0.295 e. The molecule has 0 saturated carbocycles. The molecule has 1 fully saturated rings. The Labute approximate surface area is 115 Å². The van der Waals surface area contributed by atoms with Gasteiger partial charge in [0.1, 0.15) is 0 Å². The van der Waals surface area contributed by atoms with Gasteiger partial charge in [0, 0.05) is 12.6 Å². The topological polar surface area (TPSA) is 67.2 Å². The predicted octanol–water partition coefficient (Wildman–Crippen LogP) is 2.67. The predicted molar refractivity (Wildman–Crippen MR) is 71.7 cm³/mol. The molecule has 0 aliphatic carbocycles. The Kier molecular flexibility index (Phi) is 4.84. The van der Waals surface area contributed by atoms with Gasteiger partial charge in [0.15, 0.2) is 17.3 Å². The molecule has 0 radical (unpaired) electrons. The van der Waals surface area contributed by atoms with Gasteiger partial charge < -0.3 is 10.6 Å². The van der Waals surface area contributed by atoms with Gasteiger partial charge >= 0.3 is 0 Å². The third-order valence-corrected chi connectivity index (χ3v) is 3.52. The second kappa shape index (κ2) is 6.60. The fourth-order valence-electron chi connectivity index (χ4n) is 2.43. The zero-order valence-electron chi connectivity index (χ0n) is 11.0. The van der Waals surface area contributed by atoms with Gasteiger partial charge in [-0.25, -0.2) is 8.78 Å². The largest absolute Gasteiger partial charge is 0.377 e. The highest BCUT2D eigenvalue weighted by Crippen LogP contribution is 2.29. The van der Waals surface area contributed by atoms with Crippen LogP contribution in [0.5, 0.6) is 0 Å². The normalized spacial score (nSPS) is 18.8. The molecular formula is C13H17F2N3O2. The number of hydrogen-bond donors (Lipinski definition) is 2. The molecule has 1 aromatic rings. The zero-order chi connectivity index (χ0) is 14.5. The zero-order valence-corrected chi connectivity index (χ0v) is 11.0. The lowest BCUT2D eigenvalue weighted by Crippen LogP contribution is -2.30. The highest BCUT2D eigenvalue weighted by Gasteiger charge is 2.21. The fourth-order valence-corrected chi connectivity index (χ4v) is 2.43. The van der Waals surface area contributed by atoms with Crippen LogP contribution in [-0.4, -0.2) is 24.6 Å². The van der Waals surface area contributed by atoms with Crippen molar-refractivity contribution in [1.29, 1.82) is 0 Å². The summed E-state index contributed by atoms with van der Waals surface area (Å²) in [5, 5.41) is 16.7. The molecule has 7 heteroatoms. The van der Waals surface area contributed by atoms with Crippen LogP contribution in [0.4, 0.5) is 20.2 Å². The Balaban J connectivity index is 2.00. The van der Waals surface area contributed by atoms with Crippen LogP contribution in [0.1, 0.15) is 19.3 Å². The first kappa shape index (κ1) is 14.6. The Hall–Kier alpha value is -1.76. The lowest BCUT2D eigenvalue weighted by Gasteiger charge is -2.22. The van der Waals surface area contributed by atoms with Crippen molar-refractivity contribution in [3.8, 4) is 0 Å². The molecule has 1 saturated heterocycles. The summed E-state index contributed by atoms with van der Waals surface area (Å²) < 4.78 is 26.8. The number of benzene rings is 1. The van der Waals surface area contributed by atoms with Gasteiger partial charge in [-0.2, -0.15) is 0 Å². The summed E-state index contributed by atoms with van der Waals surface area (Å²) in [7, 11) is 0. The van der Waals surface area contributed by atoms with Crippen molar-refractivity contribution in [3.05, 3.63) is 33.9 Å². The number of hydrogen-bond acceptors (Lipinski definition) is 4. The summed E-state index contributed by atoms with van der Waals surface area (Å²) in [6.45, 7) is 2.29. The van der Waals surface area contributed by atoms with Crippen molar-refractivity contribution in [2.45, 2.75) is 19.3 Å². The standard InChI is InChI=1S/C13H17F2N3O2/c14-10-3-4-11(18(19)20)13(12(10)15)17-7-5-9-2-1-6-16-8-9/h3-4,9,16-17H,1-2,5-8H2. The average molecular weight is 285 g/mol. The van der Waals surface area contributed by atoms with Crippen molar-refractivity contribution in [1.82, 2.24) is 5.32 Å². The molecular weight excluding hydrogens is 268 g/mol. The van der Waals surface area contributed by atoms with E-state index >= 15 is 0 Å². The molecule has 20 heavy (non-hydrogen) atoms. The van der Waals surface area contributed by atoms with E-state index < -0.39 is 22.2 Å². The van der Waals surface area contributed by atoms with E-state index in [1.807, 2.05) is 0 Å². The van der Waals surface area contributed by atoms with Crippen LogP contribution in [0.25, 0.3) is 0 Å². The van der Waals surface area contributed by atoms with Crippen LogP contribution in [0.3, 0.4) is 0 Å². The molecule has 0 amide bonds. The van der Waals surface area contributed by atoms with E-state index in [0.717, 1.165) is 44.5 Å². The van der Waals surface area contributed by atoms with Gasteiger partial charge in [-0.1, -0.05) is 0 Å². The first-order valence-electron chi connectivity index (χ1n) is 6.66. The molecule has 1 aliphatic heterocycles. The number of nitro benzene ring substituents is 1. The number of anilines is 1. The summed E-state index contributed by atoms with van der Waals surface area (Å²) in [6, 6.07) is 1.74. The fraction of sp³-hybridized carbons (Fsp3) is 0.538. The number of nitrogens with one attached hydrogen (secondary N) is 2. The van der Waals surface area contributed by atoms with Gasteiger partial charge in [0.2, 0.25) is 0 Å². The van der Waals surface area contributed by atoms with Crippen LogP contribution in [0.2, 0.25) is 0 Å². The minimum Gasteiger partial charge on any atom is -0.377 e. The lowest BCUT2D eigenvalue weighted by molar-refractivity contribution is -0.384. The second-order valence-electron chi connectivity index (χ2n) is 4.94. The van der Waals surface area contributed by atoms with Crippen molar-refractivity contribution < 1.29 is 13.7 Å². The molecule has 5 nitrogen and oxygen atoms in total. The van der Waals surface area contributed by atoms with E-state index in [4.69, 9.17) is 0 Å². The Morgan fingerprint density at radius 1 is 1.45 bits per heavy atom. The monoisotopic (exact) mass is 285 g/mol. The smallest absolute Gasteiger partial charge is 0.295 e. The van der Waals surface area contributed by atoms with Crippen LogP contribution in [-0.2, 0) is 0 Å². The molecule has 1 aromatic carbocycles. The number of nitrogens with zero attached hydrogens (tertiary/aromatic N) is 1. The minimum absolute atomic E-state index is 0.362. The number of nitro groups is 1. The van der Waals surface area contributed by atoms with Crippen LogP contribution >= 0.6 is 0 Å². The third-order valence-electron chi connectivity index (χ3n) is 3.52. The van der Waals surface area contributed by atoms with Gasteiger partial charge in [0.25, 0.3) is 5.69 Å². The number of piperidine rings is 1. The van der Waals surface area contributed by atoms with E-state index in [1.165, 1.54) is 0 Å². The SMILES string of the molecule is O=[N+]([O-])c1ccc(F)c(F)c1NCCC1CCCNC1. The van der Waals surface area contributed by atoms with E-state index in [-0.39, 0.29) is 5.69 Å². The van der Waals surface area contributed by atoms with Crippen molar-refractivity contribution in [3.63, 3.8) is 0 Å². The Morgan fingerprint density at radius 2 is 2.25 bits per heavy atom. The summed E-state index contributed by atoms with van der Waals surface area (Å²) >= 11 is 0. The number of halogens is 2. The quantitative estimate of drug-likeness (QED) is 0.644. The molecule has 1 heterocycles. The highest BCUT2D eigenvalue weighted by molar-refractivity contribution is 5.62. The molecule has 0 spiro atoms. The van der Waals surface area contributed by atoms with Gasteiger partial charge in [-0.15, -0.1) is 0 Å². The van der Waals surface area contributed by atoms with Gasteiger partial charge in [-0.05, 0) is 44.3 Å². The maximum absolute atomic E-state index is 13.6. The van der Waals surface area contributed by atoms with E-state index in [9.17, 15) is 18.9 Å². The molecule has 2 N–H and O–H groups in total. The van der Waals surface area contributed by atoms with E-state index in [2.05, 4.69) is 10.6 Å². The first-order valence-corrected chi connectivity index (χ1v) is 6.66. The van der Waals surface area contributed by atoms with Crippen LogP contribution < -0.4 is 10.6 Å². The molecule has 1 unspecified atom stereocenters. The molecule has 1 atom stereocenters. The summed E-state index contributed by atoms with van der Waals surface area (Å²) in [5.74, 6) is -1.81. The average Bonchev–Trinajstić information content (AvgIpc) is 2.44. The van der Waals surface area contributed by atoms with Crippen LogP contribution in [0.15, 0.2) is 12.1 Å². The van der Waals surface area contributed by atoms with E-state index in [1.54, 1.807) is 0 Å². The van der Waals surface area contributed by atoms with Crippen molar-refractivity contribution in [2.24, 2.45) is 5.92 Å². The molecule has 1 aliphatic rings. The molecule has 110 valence electrons.